The lowest BCUT2D eigenvalue weighted by molar-refractivity contribution is 0.244. The van der Waals surface area contributed by atoms with Crippen LogP contribution in [0.5, 0.6) is 0 Å². The molecule has 0 bridgehead atoms. The number of hydrogen-bond donors (Lipinski definition) is 3. The average molecular weight is 364 g/mol. The molecule has 27 heavy (non-hydrogen) atoms. The number of carbonyl (C=O) groups is 1. The van der Waals surface area contributed by atoms with Crippen molar-refractivity contribution in [3.8, 4) is 11.1 Å². The van der Waals surface area contributed by atoms with Gasteiger partial charge in [-0.05, 0) is 36.6 Å². The summed E-state index contributed by atoms with van der Waals surface area (Å²) in [6, 6.07) is 15.6. The molecule has 2 aromatic carbocycles. The van der Waals surface area contributed by atoms with Gasteiger partial charge in [0.2, 0.25) is 0 Å². The number of nitrogens with zero attached hydrogens (tertiary/aromatic N) is 2. The number of aromatic nitrogens is 2. The number of hydrogen-bond acceptors (Lipinski definition) is 3. The van der Waals surface area contributed by atoms with Crippen molar-refractivity contribution in [3.05, 3.63) is 72.1 Å². The first-order chi connectivity index (χ1) is 13.2. The molecule has 6 heteroatoms. The summed E-state index contributed by atoms with van der Waals surface area (Å²) >= 11 is 0. The number of rotatable bonds is 7. The number of amides is 2. The molecule has 0 radical (unpaired) electrons. The Kier molecular flexibility index (Phi) is 6.22. The zero-order valence-corrected chi connectivity index (χ0v) is 15.4. The SMILES string of the molecule is Cc1cccc(CNC(=O)N(CCCO)c2ccc(-c3cn[nH]c3)cc2)c1. The fourth-order valence-corrected chi connectivity index (χ4v) is 2.91. The van der Waals surface area contributed by atoms with E-state index < -0.39 is 0 Å². The van der Waals surface area contributed by atoms with E-state index in [-0.39, 0.29) is 12.6 Å². The maximum absolute atomic E-state index is 12.7. The highest BCUT2D eigenvalue weighted by molar-refractivity contribution is 5.92. The second-order valence-corrected chi connectivity index (χ2v) is 6.41. The monoisotopic (exact) mass is 364 g/mol. The van der Waals surface area contributed by atoms with E-state index in [9.17, 15) is 9.90 Å². The van der Waals surface area contributed by atoms with Crippen LogP contribution in [0.4, 0.5) is 10.5 Å². The number of H-pyrrole nitrogens is 1. The maximum atomic E-state index is 12.7. The van der Waals surface area contributed by atoms with Crippen LogP contribution >= 0.6 is 0 Å². The molecule has 1 heterocycles. The number of aryl methyl sites for hydroxylation is 1. The third-order valence-corrected chi connectivity index (χ3v) is 4.32. The van der Waals surface area contributed by atoms with Crippen molar-refractivity contribution in [2.45, 2.75) is 19.9 Å². The second kappa shape index (κ2) is 9.00. The fourth-order valence-electron chi connectivity index (χ4n) is 2.91. The lowest BCUT2D eigenvalue weighted by atomic mass is 10.1. The molecule has 0 atom stereocenters. The molecule has 0 saturated heterocycles. The Bertz CT molecular complexity index is 860. The van der Waals surface area contributed by atoms with Crippen LogP contribution in [0.2, 0.25) is 0 Å². The first-order valence-corrected chi connectivity index (χ1v) is 8.98. The molecule has 3 N–H and O–H groups in total. The van der Waals surface area contributed by atoms with Gasteiger partial charge in [0.1, 0.15) is 0 Å². The number of anilines is 1. The van der Waals surface area contributed by atoms with E-state index in [0.717, 1.165) is 27.9 Å². The molecule has 0 fully saturated rings. The molecule has 0 spiro atoms. The number of urea groups is 1. The number of aromatic amines is 1. The fraction of sp³-hybridized carbons (Fsp3) is 0.238. The molecule has 3 aromatic rings. The Hall–Kier alpha value is -3.12. The Balaban J connectivity index is 1.71. The van der Waals surface area contributed by atoms with Crippen molar-refractivity contribution in [2.24, 2.45) is 0 Å². The highest BCUT2D eigenvalue weighted by Crippen LogP contribution is 2.22. The summed E-state index contributed by atoms with van der Waals surface area (Å²) in [5.74, 6) is 0. The van der Waals surface area contributed by atoms with Gasteiger partial charge in [-0.25, -0.2) is 4.79 Å². The zero-order valence-electron chi connectivity index (χ0n) is 15.4. The molecular weight excluding hydrogens is 340 g/mol. The van der Waals surface area contributed by atoms with Crippen molar-refractivity contribution in [3.63, 3.8) is 0 Å². The number of nitrogens with one attached hydrogen (secondary N) is 2. The van der Waals surface area contributed by atoms with Crippen LogP contribution in [0.3, 0.4) is 0 Å². The molecule has 0 aliphatic rings. The first-order valence-electron chi connectivity index (χ1n) is 8.98. The molecule has 0 aliphatic carbocycles. The minimum absolute atomic E-state index is 0.0365. The van der Waals surface area contributed by atoms with Crippen molar-refractivity contribution in [2.75, 3.05) is 18.1 Å². The largest absolute Gasteiger partial charge is 0.396 e. The summed E-state index contributed by atoms with van der Waals surface area (Å²) in [5, 5.41) is 18.9. The summed E-state index contributed by atoms with van der Waals surface area (Å²) in [5.41, 5.74) is 5.02. The topological polar surface area (TPSA) is 81.2 Å². The summed E-state index contributed by atoms with van der Waals surface area (Å²) in [6.07, 6.45) is 4.10. The average Bonchev–Trinajstić information content (AvgIpc) is 3.22. The van der Waals surface area contributed by atoms with Gasteiger partial charge in [0.25, 0.3) is 0 Å². The normalized spacial score (nSPS) is 10.6. The van der Waals surface area contributed by atoms with Gasteiger partial charge in [0.15, 0.2) is 0 Å². The number of benzene rings is 2. The maximum Gasteiger partial charge on any atom is 0.322 e. The van der Waals surface area contributed by atoms with E-state index in [2.05, 4.69) is 21.6 Å². The van der Waals surface area contributed by atoms with Crippen molar-refractivity contribution in [1.29, 1.82) is 0 Å². The van der Waals surface area contributed by atoms with Crippen LogP contribution in [-0.2, 0) is 6.54 Å². The van der Waals surface area contributed by atoms with E-state index in [4.69, 9.17) is 0 Å². The van der Waals surface area contributed by atoms with E-state index in [1.165, 1.54) is 0 Å². The summed E-state index contributed by atoms with van der Waals surface area (Å²) in [6.45, 7) is 2.97. The van der Waals surface area contributed by atoms with Gasteiger partial charge in [0.05, 0.1) is 6.20 Å². The van der Waals surface area contributed by atoms with Gasteiger partial charge in [-0.15, -0.1) is 0 Å². The molecule has 0 aliphatic heterocycles. The van der Waals surface area contributed by atoms with Crippen LogP contribution in [0.15, 0.2) is 60.9 Å². The van der Waals surface area contributed by atoms with Gasteiger partial charge >= 0.3 is 6.03 Å². The van der Waals surface area contributed by atoms with Crippen LogP contribution in [0.1, 0.15) is 17.5 Å². The van der Waals surface area contributed by atoms with Gasteiger partial charge in [0, 0.05) is 37.1 Å². The smallest absolute Gasteiger partial charge is 0.322 e. The van der Waals surface area contributed by atoms with Crippen molar-refractivity contribution >= 4 is 11.7 Å². The Morgan fingerprint density at radius 1 is 1.19 bits per heavy atom. The Labute approximate surface area is 158 Å². The van der Waals surface area contributed by atoms with E-state index >= 15 is 0 Å². The summed E-state index contributed by atoms with van der Waals surface area (Å²) in [4.78, 5) is 14.4. The highest BCUT2D eigenvalue weighted by Gasteiger charge is 2.15. The number of aliphatic hydroxyl groups is 1. The van der Waals surface area contributed by atoms with E-state index in [1.54, 1.807) is 11.1 Å². The van der Waals surface area contributed by atoms with Gasteiger partial charge < -0.3 is 10.4 Å². The van der Waals surface area contributed by atoms with Crippen LogP contribution in [0.25, 0.3) is 11.1 Å². The van der Waals surface area contributed by atoms with Gasteiger partial charge in [-0.3, -0.25) is 10.00 Å². The van der Waals surface area contributed by atoms with Crippen molar-refractivity contribution < 1.29 is 9.90 Å². The highest BCUT2D eigenvalue weighted by atomic mass is 16.3. The molecular formula is C21H24N4O2. The van der Waals surface area contributed by atoms with Crippen LogP contribution in [0, 0.1) is 6.92 Å². The lowest BCUT2D eigenvalue weighted by Crippen LogP contribution is -2.40. The quantitative estimate of drug-likeness (QED) is 0.600. The van der Waals surface area contributed by atoms with Gasteiger partial charge in [-0.1, -0.05) is 42.0 Å². The predicted molar refractivity (Wildman–Crippen MR) is 106 cm³/mol. The Morgan fingerprint density at radius 2 is 2.00 bits per heavy atom. The van der Waals surface area contributed by atoms with E-state index in [0.29, 0.717) is 19.5 Å². The minimum Gasteiger partial charge on any atom is -0.396 e. The Morgan fingerprint density at radius 3 is 2.67 bits per heavy atom. The first kappa shape index (κ1) is 18.7. The molecule has 140 valence electrons. The molecule has 0 unspecified atom stereocenters. The molecule has 0 saturated carbocycles. The number of aliphatic hydroxyl groups excluding tert-OH is 1. The molecule has 6 nitrogen and oxygen atoms in total. The zero-order chi connectivity index (χ0) is 19.1. The van der Waals surface area contributed by atoms with Crippen LogP contribution in [-0.4, -0.2) is 34.5 Å². The predicted octanol–water partition coefficient (Wildman–Crippen LogP) is 3.48. The standard InChI is InChI=1S/C21H24N4O2/c1-16-4-2-5-17(12-16)13-22-21(27)25(10-3-11-26)20-8-6-18(7-9-20)19-14-23-24-15-19/h2,4-9,12,14-15,26H,3,10-11,13H2,1H3,(H,22,27)(H,23,24). The van der Waals surface area contributed by atoms with Crippen molar-refractivity contribution in [1.82, 2.24) is 15.5 Å². The second-order valence-electron chi connectivity index (χ2n) is 6.41. The third-order valence-electron chi connectivity index (χ3n) is 4.32. The van der Waals surface area contributed by atoms with Gasteiger partial charge in [-0.2, -0.15) is 5.10 Å². The lowest BCUT2D eigenvalue weighted by Gasteiger charge is -2.23. The van der Waals surface area contributed by atoms with Crippen LogP contribution < -0.4 is 10.2 Å². The number of carbonyl (C=O) groups excluding carboxylic acids is 1. The molecule has 2 amide bonds. The minimum atomic E-state index is -0.180. The third kappa shape index (κ3) is 4.95. The molecule has 3 rings (SSSR count). The summed E-state index contributed by atoms with van der Waals surface area (Å²) < 4.78 is 0. The summed E-state index contributed by atoms with van der Waals surface area (Å²) in [7, 11) is 0. The van der Waals surface area contributed by atoms with E-state index in [1.807, 2.05) is 55.6 Å². The molecule has 1 aromatic heterocycles.